The number of carbonyl (C=O) groups is 1. The number of rotatable bonds is 3. The second-order valence-electron chi connectivity index (χ2n) is 6.79. The van der Waals surface area contributed by atoms with Crippen LogP contribution in [0.15, 0.2) is 36.4 Å². The van der Waals surface area contributed by atoms with E-state index in [1.807, 2.05) is 17.0 Å². The second kappa shape index (κ2) is 6.81. The Labute approximate surface area is 144 Å². The minimum Gasteiger partial charge on any atom is -0.341 e. The van der Waals surface area contributed by atoms with Crippen LogP contribution in [-0.4, -0.2) is 41.1 Å². The number of nitrogens with zero attached hydrogens (tertiary/aromatic N) is 2. The van der Waals surface area contributed by atoms with Crippen LogP contribution in [0.25, 0.3) is 0 Å². The smallest absolute Gasteiger partial charge is 0.256 e. The number of hydrogen-bond acceptors (Lipinski definition) is 2. The SMILES string of the molecule is Cc1cc(C(=O)N2CCNC[C@H]2C)c(C)n1C(C)c1ccccc1. The van der Waals surface area contributed by atoms with Crippen molar-refractivity contribution in [2.45, 2.75) is 39.8 Å². The lowest BCUT2D eigenvalue weighted by atomic mass is 10.1. The van der Waals surface area contributed by atoms with Gasteiger partial charge in [0.15, 0.2) is 0 Å². The molecule has 1 aliphatic rings. The third-order valence-electron chi connectivity index (χ3n) is 5.15. The van der Waals surface area contributed by atoms with Crippen molar-refractivity contribution < 1.29 is 4.79 Å². The van der Waals surface area contributed by atoms with E-state index >= 15 is 0 Å². The minimum atomic E-state index is 0.156. The van der Waals surface area contributed by atoms with E-state index < -0.39 is 0 Å². The Morgan fingerprint density at radius 1 is 1.25 bits per heavy atom. The fourth-order valence-electron chi connectivity index (χ4n) is 3.77. The number of hydrogen-bond donors (Lipinski definition) is 1. The summed E-state index contributed by atoms with van der Waals surface area (Å²) in [4.78, 5) is 15.0. The van der Waals surface area contributed by atoms with E-state index in [0.29, 0.717) is 0 Å². The maximum absolute atomic E-state index is 13.0. The highest BCUT2D eigenvalue weighted by Crippen LogP contribution is 2.26. The molecule has 2 aromatic rings. The van der Waals surface area contributed by atoms with Gasteiger partial charge in [0.25, 0.3) is 5.91 Å². The number of aromatic nitrogens is 1. The molecule has 0 aliphatic carbocycles. The first kappa shape index (κ1) is 16.8. The van der Waals surface area contributed by atoms with Gasteiger partial charge in [0.1, 0.15) is 0 Å². The van der Waals surface area contributed by atoms with E-state index in [1.165, 1.54) is 5.56 Å². The van der Waals surface area contributed by atoms with Crippen LogP contribution in [0.1, 0.15) is 47.2 Å². The molecule has 1 fully saturated rings. The molecule has 24 heavy (non-hydrogen) atoms. The molecule has 1 aliphatic heterocycles. The Hall–Kier alpha value is -2.07. The fourth-order valence-corrected chi connectivity index (χ4v) is 3.77. The highest BCUT2D eigenvalue weighted by atomic mass is 16.2. The molecular formula is C20H27N3O. The number of piperazine rings is 1. The molecule has 1 N–H and O–H groups in total. The van der Waals surface area contributed by atoms with Gasteiger partial charge in [-0.1, -0.05) is 30.3 Å². The Bertz CT molecular complexity index is 720. The molecule has 2 heterocycles. The molecular weight excluding hydrogens is 298 g/mol. The molecule has 4 nitrogen and oxygen atoms in total. The van der Waals surface area contributed by atoms with Crippen LogP contribution < -0.4 is 5.32 Å². The van der Waals surface area contributed by atoms with Crippen molar-refractivity contribution in [3.8, 4) is 0 Å². The zero-order valence-corrected chi connectivity index (χ0v) is 15.0. The molecule has 1 saturated heterocycles. The van der Waals surface area contributed by atoms with E-state index in [-0.39, 0.29) is 18.0 Å². The van der Waals surface area contributed by atoms with Crippen molar-refractivity contribution >= 4 is 5.91 Å². The van der Waals surface area contributed by atoms with Gasteiger partial charge >= 0.3 is 0 Å². The third-order valence-corrected chi connectivity index (χ3v) is 5.15. The standard InChI is InChI=1S/C20H27N3O/c1-14-12-19(20(24)22-11-10-21-13-15(22)2)17(4)23(14)16(3)18-8-6-5-7-9-18/h5-9,12,15-16,21H,10-11,13H2,1-4H3/t15-,16?/m1/s1. The van der Waals surface area contributed by atoms with Crippen LogP contribution in [0, 0.1) is 13.8 Å². The average molecular weight is 325 g/mol. The van der Waals surface area contributed by atoms with E-state index in [9.17, 15) is 4.79 Å². The van der Waals surface area contributed by atoms with Crippen molar-refractivity contribution in [2.75, 3.05) is 19.6 Å². The van der Waals surface area contributed by atoms with Gasteiger partial charge in [-0.15, -0.1) is 0 Å². The number of carbonyl (C=O) groups excluding carboxylic acids is 1. The monoisotopic (exact) mass is 325 g/mol. The average Bonchev–Trinajstić information content (AvgIpc) is 2.89. The Morgan fingerprint density at radius 2 is 1.96 bits per heavy atom. The number of nitrogens with one attached hydrogen (secondary N) is 1. The van der Waals surface area contributed by atoms with Gasteiger partial charge in [-0.3, -0.25) is 4.79 Å². The van der Waals surface area contributed by atoms with E-state index in [2.05, 4.69) is 61.8 Å². The van der Waals surface area contributed by atoms with Crippen LogP contribution in [-0.2, 0) is 0 Å². The topological polar surface area (TPSA) is 37.3 Å². The molecule has 1 unspecified atom stereocenters. The normalized spacial score (nSPS) is 19.3. The Balaban J connectivity index is 1.93. The van der Waals surface area contributed by atoms with Crippen molar-refractivity contribution in [1.82, 2.24) is 14.8 Å². The largest absolute Gasteiger partial charge is 0.341 e. The van der Waals surface area contributed by atoms with Gasteiger partial charge in [-0.2, -0.15) is 0 Å². The lowest BCUT2D eigenvalue weighted by molar-refractivity contribution is 0.0655. The van der Waals surface area contributed by atoms with E-state index in [1.54, 1.807) is 0 Å². The summed E-state index contributed by atoms with van der Waals surface area (Å²) in [6.45, 7) is 11.0. The van der Waals surface area contributed by atoms with Gasteiger partial charge in [-0.25, -0.2) is 0 Å². The maximum Gasteiger partial charge on any atom is 0.256 e. The predicted molar refractivity (Wildman–Crippen MR) is 97.5 cm³/mol. The van der Waals surface area contributed by atoms with Gasteiger partial charge in [0.05, 0.1) is 11.6 Å². The first-order valence-corrected chi connectivity index (χ1v) is 8.75. The summed E-state index contributed by atoms with van der Waals surface area (Å²) in [6.07, 6.45) is 0. The molecule has 3 rings (SSSR count). The molecule has 2 atom stereocenters. The molecule has 0 radical (unpaired) electrons. The molecule has 128 valence electrons. The van der Waals surface area contributed by atoms with Crippen molar-refractivity contribution in [3.05, 3.63) is 58.9 Å². The zero-order chi connectivity index (χ0) is 17.3. The zero-order valence-electron chi connectivity index (χ0n) is 15.0. The second-order valence-corrected chi connectivity index (χ2v) is 6.79. The first-order chi connectivity index (χ1) is 11.5. The molecule has 4 heteroatoms. The van der Waals surface area contributed by atoms with E-state index in [4.69, 9.17) is 0 Å². The van der Waals surface area contributed by atoms with Crippen molar-refractivity contribution in [2.24, 2.45) is 0 Å². The van der Waals surface area contributed by atoms with Crippen LogP contribution in [0.4, 0.5) is 0 Å². The molecule has 1 amide bonds. The molecule has 0 bridgehead atoms. The van der Waals surface area contributed by atoms with E-state index in [0.717, 1.165) is 36.6 Å². The van der Waals surface area contributed by atoms with Crippen molar-refractivity contribution in [1.29, 1.82) is 0 Å². The highest BCUT2D eigenvalue weighted by molar-refractivity contribution is 5.96. The predicted octanol–water partition coefficient (Wildman–Crippen LogP) is 3.15. The Morgan fingerprint density at radius 3 is 2.62 bits per heavy atom. The quantitative estimate of drug-likeness (QED) is 0.941. The van der Waals surface area contributed by atoms with Gasteiger partial charge in [0, 0.05) is 37.1 Å². The van der Waals surface area contributed by atoms with Gasteiger partial charge in [0.2, 0.25) is 0 Å². The van der Waals surface area contributed by atoms with Crippen LogP contribution >= 0.6 is 0 Å². The summed E-state index contributed by atoms with van der Waals surface area (Å²) in [7, 11) is 0. The molecule has 0 saturated carbocycles. The number of amides is 1. The van der Waals surface area contributed by atoms with Gasteiger partial charge < -0.3 is 14.8 Å². The summed E-state index contributed by atoms with van der Waals surface area (Å²) < 4.78 is 2.27. The summed E-state index contributed by atoms with van der Waals surface area (Å²) in [5.41, 5.74) is 4.28. The fraction of sp³-hybridized carbons (Fsp3) is 0.450. The third kappa shape index (κ3) is 2.98. The number of benzene rings is 1. The summed E-state index contributed by atoms with van der Waals surface area (Å²) in [6, 6.07) is 12.9. The van der Waals surface area contributed by atoms with Gasteiger partial charge in [-0.05, 0) is 39.3 Å². The van der Waals surface area contributed by atoms with Crippen LogP contribution in [0.5, 0.6) is 0 Å². The van der Waals surface area contributed by atoms with Crippen LogP contribution in [0.3, 0.4) is 0 Å². The van der Waals surface area contributed by atoms with Crippen molar-refractivity contribution in [3.63, 3.8) is 0 Å². The summed E-state index contributed by atoms with van der Waals surface area (Å²) >= 11 is 0. The lowest BCUT2D eigenvalue weighted by Crippen LogP contribution is -2.52. The molecule has 1 aromatic carbocycles. The number of aryl methyl sites for hydroxylation is 1. The maximum atomic E-state index is 13.0. The highest BCUT2D eigenvalue weighted by Gasteiger charge is 2.27. The van der Waals surface area contributed by atoms with Crippen LogP contribution in [0.2, 0.25) is 0 Å². The summed E-state index contributed by atoms with van der Waals surface area (Å²) in [5, 5.41) is 3.34. The molecule has 0 spiro atoms. The molecule has 1 aromatic heterocycles. The lowest BCUT2D eigenvalue weighted by Gasteiger charge is -2.34. The summed E-state index contributed by atoms with van der Waals surface area (Å²) in [5.74, 6) is 0.156. The minimum absolute atomic E-state index is 0.156. The first-order valence-electron chi connectivity index (χ1n) is 8.75. The Kier molecular flexibility index (Phi) is 4.76.